The number of methoxy groups -OCH3 is 1. The van der Waals surface area contributed by atoms with Crippen LogP contribution in [-0.2, 0) is 11.2 Å². The van der Waals surface area contributed by atoms with E-state index >= 15 is 0 Å². The minimum Gasteiger partial charge on any atom is -0.497 e. The standard InChI is InChI=1S/C28H27N3O2S2/c1-4-30-23-18-22(33-3)13-14-24(23)34-27(30)25-26(32)31(16-15-20-10-6-5-7-11-20)28(35-25)29-21-12-8-9-19(2)17-21/h5-14,17-18H,4,15-16H2,1-3H3. The van der Waals surface area contributed by atoms with Crippen LogP contribution in [0, 0.1) is 6.92 Å². The van der Waals surface area contributed by atoms with Crippen LogP contribution in [0.4, 0.5) is 11.4 Å². The van der Waals surface area contributed by atoms with Crippen molar-refractivity contribution in [3.05, 3.63) is 93.9 Å². The fourth-order valence-electron chi connectivity index (χ4n) is 4.18. The Morgan fingerprint density at radius 1 is 0.943 bits per heavy atom. The molecule has 3 aromatic carbocycles. The number of amides is 1. The van der Waals surface area contributed by atoms with E-state index in [4.69, 9.17) is 9.73 Å². The van der Waals surface area contributed by atoms with Crippen LogP contribution >= 0.6 is 23.5 Å². The number of carbonyl (C=O) groups is 1. The summed E-state index contributed by atoms with van der Waals surface area (Å²) < 4.78 is 5.45. The predicted octanol–water partition coefficient (Wildman–Crippen LogP) is 6.61. The molecule has 2 aliphatic rings. The molecular weight excluding hydrogens is 474 g/mol. The number of thioether (sulfide) groups is 2. The number of hydrogen-bond donors (Lipinski definition) is 0. The van der Waals surface area contributed by atoms with Crippen molar-refractivity contribution < 1.29 is 9.53 Å². The third kappa shape index (κ3) is 4.83. The lowest BCUT2D eigenvalue weighted by molar-refractivity contribution is -0.122. The van der Waals surface area contributed by atoms with Crippen molar-refractivity contribution in [1.82, 2.24) is 4.90 Å². The Bertz CT molecular complexity index is 1320. The molecule has 1 saturated heterocycles. The fourth-order valence-corrected chi connectivity index (χ4v) is 6.58. The third-order valence-corrected chi connectivity index (χ3v) is 8.35. The molecule has 0 aliphatic carbocycles. The SMILES string of the molecule is CCN1C(=C2SC(=Nc3cccc(C)c3)N(CCc3ccccc3)C2=O)Sc2ccc(OC)cc21. The van der Waals surface area contributed by atoms with Crippen molar-refractivity contribution in [2.75, 3.05) is 25.1 Å². The smallest absolute Gasteiger partial charge is 0.269 e. The van der Waals surface area contributed by atoms with Crippen molar-refractivity contribution in [3.8, 4) is 5.75 Å². The summed E-state index contributed by atoms with van der Waals surface area (Å²) in [5, 5.41) is 1.69. The van der Waals surface area contributed by atoms with E-state index in [1.54, 1.807) is 18.9 Å². The van der Waals surface area contributed by atoms with Gasteiger partial charge in [0, 0.05) is 24.1 Å². The summed E-state index contributed by atoms with van der Waals surface area (Å²) in [5.41, 5.74) is 4.28. The zero-order valence-corrected chi connectivity index (χ0v) is 21.7. The van der Waals surface area contributed by atoms with Gasteiger partial charge < -0.3 is 9.64 Å². The van der Waals surface area contributed by atoms with E-state index in [9.17, 15) is 4.79 Å². The Hall–Kier alpha value is -3.16. The third-order valence-electron chi connectivity index (χ3n) is 5.98. The molecule has 0 bridgehead atoms. The number of ether oxygens (including phenoxy) is 1. The average molecular weight is 502 g/mol. The van der Waals surface area contributed by atoms with Gasteiger partial charge in [-0.1, -0.05) is 54.2 Å². The summed E-state index contributed by atoms with van der Waals surface area (Å²) in [6.07, 6.45) is 0.769. The van der Waals surface area contributed by atoms with E-state index in [1.165, 1.54) is 17.3 Å². The van der Waals surface area contributed by atoms with Crippen LogP contribution in [0.3, 0.4) is 0 Å². The topological polar surface area (TPSA) is 45.1 Å². The number of hydrogen-bond acceptors (Lipinski definition) is 6. The van der Waals surface area contributed by atoms with Gasteiger partial charge in [0.15, 0.2) is 5.17 Å². The summed E-state index contributed by atoms with van der Waals surface area (Å²) in [6, 6.07) is 24.4. The number of aryl methyl sites for hydroxylation is 1. The van der Waals surface area contributed by atoms with E-state index in [0.29, 0.717) is 6.54 Å². The molecule has 5 nitrogen and oxygen atoms in total. The molecule has 3 aromatic rings. The summed E-state index contributed by atoms with van der Waals surface area (Å²) in [7, 11) is 1.68. The first-order valence-electron chi connectivity index (χ1n) is 11.6. The Balaban J connectivity index is 1.52. The zero-order valence-electron chi connectivity index (χ0n) is 20.0. The minimum absolute atomic E-state index is 0.0121. The second kappa shape index (κ2) is 10.2. The van der Waals surface area contributed by atoms with Crippen molar-refractivity contribution in [1.29, 1.82) is 0 Å². The highest BCUT2D eigenvalue weighted by Crippen LogP contribution is 2.51. The molecule has 5 rings (SSSR count). The van der Waals surface area contributed by atoms with E-state index in [2.05, 4.69) is 43.0 Å². The van der Waals surface area contributed by atoms with Gasteiger partial charge in [-0.3, -0.25) is 9.69 Å². The highest BCUT2D eigenvalue weighted by molar-refractivity contribution is 8.19. The Morgan fingerprint density at radius 3 is 2.51 bits per heavy atom. The predicted molar refractivity (Wildman–Crippen MR) is 147 cm³/mol. The largest absolute Gasteiger partial charge is 0.497 e. The molecule has 0 saturated carbocycles. The van der Waals surface area contributed by atoms with E-state index in [0.717, 1.165) is 55.7 Å². The first-order chi connectivity index (χ1) is 17.1. The first-order valence-corrected chi connectivity index (χ1v) is 13.3. The maximum atomic E-state index is 13.8. The number of carbonyl (C=O) groups excluding carboxylic acids is 1. The summed E-state index contributed by atoms with van der Waals surface area (Å²) in [6.45, 7) is 5.49. The quantitative estimate of drug-likeness (QED) is 0.356. The molecule has 0 aromatic heterocycles. The van der Waals surface area contributed by atoms with Crippen LogP contribution < -0.4 is 9.64 Å². The summed E-state index contributed by atoms with van der Waals surface area (Å²) in [4.78, 5) is 24.6. The van der Waals surface area contributed by atoms with Crippen LogP contribution in [0.5, 0.6) is 5.75 Å². The highest BCUT2D eigenvalue weighted by atomic mass is 32.2. The van der Waals surface area contributed by atoms with Crippen LogP contribution in [-0.4, -0.2) is 36.2 Å². The normalized spacial score (nSPS) is 18.5. The number of rotatable bonds is 6. The Kier molecular flexibility index (Phi) is 6.88. The maximum absolute atomic E-state index is 13.8. The van der Waals surface area contributed by atoms with Crippen LogP contribution in [0.1, 0.15) is 18.1 Å². The number of anilines is 1. The molecular formula is C28H27N3O2S2. The molecule has 7 heteroatoms. The van der Waals surface area contributed by atoms with Gasteiger partial charge in [-0.15, -0.1) is 0 Å². The summed E-state index contributed by atoms with van der Waals surface area (Å²) in [5.74, 6) is 0.823. The molecule has 35 heavy (non-hydrogen) atoms. The number of benzene rings is 3. The molecule has 0 radical (unpaired) electrons. The number of aliphatic imine (C=N–C) groups is 1. The van der Waals surface area contributed by atoms with Crippen LogP contribution in [0.25, 0.3) is 0 Å². The van der Waals surface area contributed by atoms with Crippen molar-refractivity contribution in [2.45, 2.75) is 25.2 Å². The van der Waals surface area contributed by atoms with Gasteiger partial charge in [0.2, 0.25) is 0 Å². The Labute approximate surface area is 214 Å². The molecule has 2 aliphatic heterocycles. The highest BCUT2D eigenvalue weighted by Gasteiger charge is 2.39. The van der Waals surface area contributed by atoms with Crippen molar-refractivity contribution in [3.63, 3.8) is 0 Å². The molecule has 0 spiro atoms. The summed E-state index contributed by atoms with van der Waals surface area (Å²) >= 11 is 3.11. The molecule has 1 fully saturated rings. The molecule has 0 unspecified atom stereocenters. The van der Waals surface area contributed by atoms with E-state index in [1.807, 2.05) is 53.4 Å². The zero-order chi connectivity index (χ0) is 24.4. The minimum atomic E-state index is 0.0121. The van der Waals surface area contributed by atoms with Gasteiger partial charge in [0.25, 0.3) is 5.91 Å². The monoisotopic (exact) mass is 501 g/mol. The van der Waals surface area contributed by atoms with Gasteiger partial charge >= 0.3 is 0 Å². The lowest BCUT2D eigenvalue weighted by Crippen LogP contribution is -2.32. The number of nitrogens with zero attached hydrogens (tertiary/aromatic N) is 3. The Morgan fingerprint density at radius 2 is 1.77 bits per heavy atom. The maximum Gasteiger partial charge on any atom is 0.269 e. The molecule has 0 N–H and O–H groups in total. The van der Waals surface area contributed by atoms with Crippen molar-refractivity contribution >= 4 is 46.0 Å². The number of fused-ring (bicyclic) bond motifs is 1. The second-order valence-electron chi connectivity index (χ2n) is 8.34. The molecule has 1 amide bonds. The fraction of sp³-hybridized carbons (Fsp3) is 0.214. The van der Waals surface area contributed by atoms with E-state index in [-0.39, 0.29) is 5.91 Å². The second-order valence-corrected chi connectivity index (χ2v) is 10.4. The lowest BCUT2D eigenvalue weighted by Gasteiger charge is -2.19. The van der Waals surface area contributed by atoms with Gasteiger partial charge in [0.1, 0.15) is 15.7 Å². The van der Waals surface area contributed by atoms with Crippen LogP contribution in [0.2, 0.25) is 0 Å². The van der Waals surface area contributed by atoms with Gasteiger partial charge in [-0.2, -0.15) is 0 Å². The average Bonchev–Trinajstić information content (AvgIpc) is 3.39. The van der Waals surface area contributed by atoms with E-state index < -0.39 is 0 Å². The molecule has 2 heterocycles. The molecule has 178 valence electrons. The molecule has 0 atom stereocenters. The van der Waals surface area contributed by atoms with Crippen molar-refractivity contribution in [2.24, 2.45) is 4.99 Å². The first kappa shape index (κ1) is 23.6. The van der Waals surface area contributed by atoms with Gasteiger partial charge in [-0.25, -0.2) is 4.99 Å². The number of amidine groups is 1. The van der Waals surface area contributed by atoms with Gasteiger partial charge in [0.05, 0.1) is 18.5 Å². The lowest BCUT2D eigenvalue weighted by atomic mass is 10.1. The van der Waals surface area contributed by atoms with Crippen LogP contribution in [0.15, 0.2) is 92.6 Å². The van der Waals surface area contributed by atoms with Gasteiger partial charge in [-0.05, 0) is 67.4 Å².